The fourth-order valence-electron chi connectivity index (χ4n) is 2.08. The minimum atomic E-state index is -0.639. The molecule has 1 atom stereocenters. The van der Waals surface area contributed by atoms with Gasteiger partial charge >= 0.3 is 5.97 Å². The van der Waals surface area contributed by atoms with Crippen molar-refractivity contribution < 1.29 is 23.1 Å². The molecule has 8 heteroatoms. The predicted octanol–water partition coefficient (Wildman–Crippen LogP) is 2.86. The van der Waals surface area contributed by atoms with Crippen LogP contribution in [0.2, 0.25) is 0 Å². The number of nitrogens with zero attached hydrogens (tertiary/aromatic N) is 2. The quantitative estimate of drug-likeness (QED) is 0.652. The summed E-state index contributed by atoms with van der Waals surface area (Å²) in [5.74, 6) is 0.323. The summed E-state index contributed by atoms with van der Waals surface area (Å²) < 4.78 is 21.4. The number of nitrogens with one attached hydrogen (secondary N) is 1. The van der Waals surface area contributed by atoms with E-state index in [1.54, 1.807) is 26.8 Å². The van der Waals surface area contributed by atoms with Gasteiger partial charge in [0.15, 0.2) is 17.3 Å². The Balaban J connectivity index is 1.66. The number of ether oxygens (including phenoxy) is 2. The van der Waals surface area contributed by atoms with Gasteiger partial charge in [-0.15, -0.1) is 6.58 Å². The number of allylic oxidation sites excluding steroid dienone is 1. The summed E-state index contributed by atoms with van der Waals surface area (Å²) in [6, 6.07) is 0. The van der Waals surface area contributed by atoms with Gasteiger partial charge in [0.2, 0.25) is 12.1 Å². The van der Waals surface area contributed by atoms with E-state index in [2.05, 4.69) is 21.9 Å². The minimum Gasteiger partial charge on any atom is -0.470 e. The van der Waals surface area contributed by atoms with E-state index in [9.17, 15) is 4.79 Å². The molecule has 3 rings (SSSR count). The standard InChI is InChI=1S/C17H19N3O5/c1-5-6-13-18-10(7-22-13)14-19-11(8-23-14)15-20-12(9-24-15)16(21)25-17(2,3)4/h5,7-9,15,20H,1,6H2,2-4H3. The Bertz CT molecular complexity index is 812. The number of carbonyl (C=O) groups excluding carboxylic acids is 1. The molecule has 1 aliphatic rings. The fraction of sp³-hybridized carbons (Fsp3) is 0.353. The molecule has 2 aromatic rings. The third-order valence-electron chi connectivity index (χ3n) is 3.11. The van der Waals surface area contributed by atoms with E-state index < -0.39 is 17.8 Å². The maximum atomic E-state index is 12.0. The van der Waals surface area contributed by atoms with Gasteiger partial charge in [0.05, 0.1) is 0 Å². The molecule has 2 aromatic heterocycles. The number of hydrogen-bond acceptors (Lipinski definition) is 8. The van der Waals surface area contributed by atoms with Gasteiger partial charge in [0, 0.05) is 6.42 Å². The molecule has 0 radical (unpaired) electrons. The van der Waals surface area contributed by atoms with Gasteiger partial charge in [0.25, 0.3) is 0 Å². The number of aromatic nitrogens is 2. The first-order valence-electron chi connectivity index (χ1n) is 7.72. The van der Waals surface area contributed by atoms with Gasteiger partial charge < -0.3 is 23.6 Å². The van der Waals surface area contributed by atoms with Crippen LogP contribution in [0.15, 0.2) is 46.0 Å². The summed E-state index contributed by atoms with van der Waals surface area (Å²) in [5.41, 5.74) is 0.577. The lowest BCUT2D eigenvalue weighted by atomic mass is 10.2. The first kappa shape index (κ1) is 16.8. The minimum absolute atomic E-state index is 0.221. The van der Waals surface area contributed by atoms with Gasteiger partial charge in [-0.3, -0.25) is 0 Å². The lowest BCUT2D eigenvalue weighted by Gasteiger charge is -2.19. The van der Waals surface area contributed by atoms with Crippen LogP contribution < -0.4 is 5.32 Å². The molecular weight excluding hydrogens is 326 g/mol. The number of oxazole rings is 2. The van der Waals surface area contributed by atoms with Crippen LogP contribution in [0, 0.1) is 0 Å². The Labute approximate surface area is 144 Å². The van der Waals surface area contributed by atoms with Crippen molar-refractivity contribution >= 4 is 5.97 Å². The summed E-state index contributed by atoms with van der Waals surface area (Å²) in [4.78, 5) is 20.6. The lowest BCUT2D eigenvalue weighted by Crippen LogP contribution is -2.29. The van der Waals surface area contributed by atoms with Crippen molar-refractivity contribution in [1.82, 2.24) is 15.3 Å². The Kier molecular flexibility index (Phi) is 4.35. The summed E-state index contributed by atoms with van der Waals surface area (Å²) in [6.45, 7) is 9.01. The average Bonchev–Trinajstić information content (AvgIpc) is 3.25. The molecule has 0 aliphatic carbocycles. The number of hydrogen-bond donors (Lipinski definition) is 1. The molecule has 8 nitrogen and oxygen atoms in total. The van der Waals surface area contributed by atoms with Gasteiger partial charge in [-0.2, -0.15) is 0 Å². The second kappa shape index (κ2) is 6.46. The topological polar surface area (TPSA) is 99.6 Å². The van der Waals surface area contributed by atoms with Gasteiger partial charge in [-0.1, -0.05) is 6.08 Å². The van der Waals surface area contributed by atoms with E-state index in [0.717, 1.165) is 0 Å². The van der Waals surface area contributed by atoms with Crippen LogP contribution in [-0.2, 0) is 20.7 Å². The number of carbonyl (C=O) groups is 1. The molecule has 1 aliphatic heterocycles. The van der Waals surface area contributed by atoms with E-state index in [0.29, 0.717) is 29.6 Å². The second-order valence-corrected chi connectivity index (χ2v) is 6.39. The van der Waals surface area contributed by atoms with Crippen LogP contribution in [-0.4, -0.2) is 21.5 Å². The van der Waals surface area contributed by atoms with E-state index >= 15 is 0 Å². The Morgan fingerprint density at radius 3 is 2.88 bits per heavy atom. The average molecular weight is 345 g/mol. The number of esters is 1. The molecule has 3 heterocycles. The summed E-state index contributed by atoms with van der Waals surface area (Å²) in [5, 5.41) is 2.90. The monoisotopic (exact) mass is 345 g/mol. The summed E-state index contributed by atoms with van der Waals surface area (Å²) in [7, 11) is 0. The van der Waals surface area contributed by atoms with Crippen molar-refractivity contribution in [2.75, 3.05) is 0 Å². The van der Waals surface area contributed by atoms with E-state index in [1.807, 2.05) is 0 Å². The first-order valence-corrected chi connectivity index (χ1v) is 7.72. The van der Waals surface area contributed by atoms with Gasteiger partial charge in [0.1, 0.15) is 30.1 Å². The van der Waals surface area contributed by atoms with Crippen LogP contribution in [0.5, 0.6) is 0 Å². The third kappa shape index (κ3) is 3.90. The van der Waals surface area contributed by atoms with E-state index in [1.165, 1.54) is 18.8 Å². The highest BCUT2D eigenvalue weighted by Crippen LogP contribution is 2.26. The van der Waals surface area contributed by atoms with Crippen LogP contribution in [0.4, 0.5) is 0 Å². The third-order valence-corrected chi connectivity index (χ3v) is 3.11. The maximum Gasteiger partial charge on any atom is 0.358 e. The predicted molar refractivity (Wildman–Crippen MR) is 86.8 cm³/mol. The largest absolute Gasteiger partial charge is 0.470 e. The molecule has 0 aromatic carbocycles. The molecule has 1 unspecified atom stereocenters. The molecule has 0 spiro atoms. The van der Waals surface area contributed by atoms with Crippen molar-refractivity contribution in [3.8, 4) is 11.6 Å². The normalized spacial score (nSPS) is 16.8. The molecule has 0 saturated carbocycles. The SMILES string of the molecule is C=CCc1nc(-c2nc(C3NC(C(=O)OC(C)(C)C)=CO3)co2)co1. The van der Waals surface area contributed by atoms with E-state index in [-0.39, 0.29) is 5.70 Å². The van der Waals surface area contributed by atoms with Crippen LogP contribution in [0.3, 0.4) is 0 Å². The van der Waals surface area contributed by atoms with Crippen molar-refractivity contribution in [3.63, 3.8) is 0 Å². The highest BCUT2D eigenvalue weighted by Gasteiger charge is 2.29. The van der Waals surface area contributed by atoms with Gasteiger partial charge in [-0.25, -0.2) is 14.8 Å². The lowest BCUT2D eigenvalue weighted by molar-refractivity contribution is -0.150. The van der Waals surface area contributed by atoms with Gasteiger partial charge in [-0.05, 0) is 20.8 Å². The summed E-state index contributed by atoms with van der Waals surface area (Å²) >= 11 is 0. The van der Waals surface area contributed by atoms with Crippen LogP contribution in [0.1, 0.15) is 38.6 Å². The molecule has 132 valence electrons. The molecule has 1 N–H and O–H groups in total. The highest BCUT2D eigenvalue weighted by atomic mass is 16.6. The Morgan fingerprint density at radius 1 is 1.36 bits per heavy atom. The second-order valence-electron chi connectivity index (χ2n) is 6.39. The van der Waals surface area contributed by atoms with Crippen molar-refractivity contribution in [3.05, 3.63) is 48.7 Å². The van der Waals surface area contributed by atoms with E-state index in [4.69, 9.17) is 18.3 Å². The zero-order valence-electron chi connectivity index (χ0n) is 14.2. The van der Waals surface area contributed by atoms with Crippen LogP contribution in [0.25, 0.3) is 11.6 Å². The Morgan fingerprint density at radius 2 is 2.16 bits per heavy atom. The highest BCUT2D eigenvalue weighted by molar-refractivity contribution is 5.88. The molecule has 0 amide bonds. The zero-order valence-corrected chi connectivity index (χ0v) is 14.2. The molecular formula is C17H19N3O5. The maximum absolute atomic E-state index is 12.0. The zero-order chi connectivity index (χ0) is 18.0. The summed E-state index contributed by atoms with van der Waals surface area (Å²) in [6.07, 6.45) is 5.77. The van der Waals surface area contributed by atoms with Crippen molar-refractivity contribution in [1.29, 1.82) is 0 Å². The van der Waals surface area contributed by atoms with Crippen LogP contribution >= 0.6 is 0 Å². The first-order chi connectivity index (χ1) is 11.9. The van der Waals surface area contributed by atoms with Crippen molar-refractivity contribution in [2.45, 2.75) is 39.0 Å². The fourth-order valence-corrected chi connectivity index (χ4v) is 2.08. The Hall–Kier alpha value is -3.03. The number of rotatable bonds is 5. The molecule has 0 bridgehead atoms. The molecule has 25 heavy (non-hydrogen) atoms. The smallest absolute Gasteiger partial charge is 0.358 e. The van der Waals surface area contributed by atoms with Crippen molar-refractivity contribution in [2.24, 2.45) is 0 Å². The molecule has 0 fully saturated rings. The molecule has 0 saturated heterocycles.